The Bertz CT molecular complexity index is 672. The molecule has 0 spiro atoms. The minimum Gasteiger partial charge on any atom is -0.336 e. The zero-order valence-electron chi connectivity index (χ0n) is 13.6. The van der Waals surface area contributed by atoms with E-state index in [-0.39, 0.29) is 0 Å². The highest BCUT2D eigenvalue weighted by molar-refractivity contribution is 5.75. The summed E-state index contributed by atoms with van der Waals surface area (Å²) in [6.07, 6.45) is 5.12. The number of carbonyl (C=O) groups excluding carboxylic acids is 1. The Morgan fingerprint density at radius 3 is 2.25 bits per heavy atom. The van der Waals surface area contributed by atoms with Gasteiger partial charge in [-0.1, -0.05) is 0 Å². The van der Waals surface area contributed by atoms with E-state index >= 15 is 0 Å². The van der Waals surface area contributed by atoms with Crippen molar-refractivity contribution in [3.63, 3.8) is 0 Å². The molecular formula is C15H20F2N6O. The maximum atomic E-state index is 13.1. The van der Waals surface area contributed by atoms with Crippen molar-refractivity contribution in [2.45, 2.75) is 31.4 Å². The van der Waals surface area contributed by atoms with Crippen LogP contribution in [-0.4, -0.2) is 49.0 Å². The molecule has 0 bridgehead atoms. The zero-order valence-corrected chi connectivity index (χ0v) is 13.6. The van der Waals surface area contributed by atoms with Crippen molar-refractivity contribution < 1.29 is 13.6 Å². The van der Waals surface area contributed by atoms with Gasteiger partial charge in [0.2, 0.25) is 0 Å². The standard InChI is InChI=1S/C15H20F2N6O/c1-21-8-5-18-13(21)11(14-19-6-9-22(14)2)20-15(24)23-7-3-4-10(23)12(16)17/h5-6,8-12H,3-4,7H2,1-2H3,(H,20,24)/t10-/m0/s1. The van der Waals surface area contributed by atoms with Gasteiger partial charge in [0.15, 0.2) is 0 Å². The van der Waals surface area contributed by atoms with E-state index in [0.717, 1.165) is 0 Å². The van der Waals surface area contributed by atoms with Crippen LogP contribution < -0.4 is 5.32 Å². The van der Waals surface area contributed by atoms with Gasteiger partial charge in [-0.25, -0.2) is 23.5 Å². The number of amides is 2. The van der Waals surface area contributed by atoms with E-state index in [1.807, 2.05) is 14.1 Å². The molecule has 1 aliphatic heterocycles. The lowest BCUT2D eigenvalue weighted by atomic mass is 10.2. The molecule has 0 aliphatic carbocycles. The van der Waals surface area contributed by atoms with Crippen molar-refractivity contribution >= 4 is 6.03 Å². The molecule has 3 heterocycles. The number of aromatic nitrogens is 4. The molecule has 2 amide bonds. The van der Waals surface area contributed by atoms with Gasteiger partial charge in [0.1, 0.15) is 17.7 Å². The number of halogens is 2. The van der Waals surface area contributed by atoms with Gasteiger partial charge in [-0.3, -0.25) is 0 Å². The molecule has 0 aromatic carbocycles. The topological polar surface area (TPSA) is 68.0 Å². The Balaban J connectivity index is 1.86. The lowest BCUT2D eigenvalue weighted by Gasteiger charge is -2.27. The quantitative estimate of drug-likeness (QED) is 0.922. The summed E-state index contributed by atoms with van der Waals surface area (Å²) in [5.74, 6) is 1.18. The Morgan fingerprint density at radius 2 is 1.79 bits per heavy atom. The molecule has 1 atom stereocenters. The fourth-order valence-electron chi connectivity index (χ4n) is 3.07. The SMILES string of the molecule is Cn1ccnc1C(NC(=O)N1CCC[C@H]1C(F)F)c1nccn1C. The van der Waals surface area contributed by atoms with Crippen molar-refractivity contribution in [2.75, 3.05) is 6.54 Å². The average molecular weight is 338 g/mol. The van der Waals surface area contributed by atoms with E-state index in [1.165, 1.54) is 4.90 Å². The van der Waals surface area contributed by atoms with Crippen molar-refractivity contribution in [3.8, 4) is 0 Å². The number of urea groups is 1. The number of likely N-dealkylation sites (tertiary alicyclic amines) is 1. The maximum Gasteiger partial charge on any atom is 0.318 e. The molecule has 1 fully saturated rings. The van der Waals surface area contributed by atoms with Gasteiger partial charge in [-0.05, 0) is 12.8 Å². The van der Waals surface area contributed by atoms with Gasteiger partial charge < -0.3 is 19.4 Å². The number of hydrogen-bond acceptors (Lipinski definition) is 3. The summed E-state index contributed by atoms with van der Waals surface area (Å²) in [7, 11) is 3.62. The highest BCUT2D eigenvalue weighted by Crippen LogP contribution is 2.25. The zero-order chi connectivity index (χ0) is 17.3. The number of rotatable bonds is 4. The number of nitrogens with one attached hydrogen (secondary N) is 1. The van der Waals surface area contributed by atoms with Crippen molar-refractivity contribution in [3.05, 3.63) is 36.4 Å². The molecule has 2 aromatic heterocycles. The minimum atomic E-state index is -2.54. The number of aryl methyl sites for hydroxylation is 2. The first-order valence-corrected chi connectivity index (χ1v) is 7.78. The van der Waals surface area contributed by atoms with Crippen LogP contribution in [0.1, 0.15) is 30.5 Å². The van der Waals surface area contributed by atoms with Crippen LogP contribution >= 0.6 is 0 Å². The summed E-state index contributed by atoms with van der Waals surface area (Å²) >= 11 is 0. The number of hydrogen-bond donors (Lipinski definition) is 1. The first-order valence-electron chi connectivity index (χ1n) is 7.78. The van der Waals surface area contributed by atoms with E-state index in [9.17, 15) is 13.6 Å². The van der Waals surface area contributed by atoms with Crippen LogP contribution in [0.15, 0.2) is 24.8 Å². The van der Waals surface area contributed by atoms with Crippen molar-refractivity contribution in [1.82, 2.24) is 29.3 Å². The van der Waals surface area contributed by atoms with Crippen LogP contribution in [0.4, 0.5) is 13.6 Å². The van der Waals surface area contributed by atoms with E-state index < -0.39 is 24.5 Å². The fourth-order valence-corrected chi connectivity index (χ4v) is 3.07. The van der Waals surface area contributed by atoms with E-state index in [0.29, 0.717) is 31.0 Å². The number of nitrogens with zero attached hydrogens (tertiary/aromatic N) is 5. The third-order valence-corrected chi connectivity index (χ3v) is 4.35. The number of carbonyl (C=O) groups is 1. The summed E-state index contributed by atoms with van der Waals surface area (Å²) in [6.45, 7) is 0.328. The second-order valence-corrected chi connectivity index (χ2v) is 5.91. The molecule has 7 nitrogen and oxygen atoms in total. The summed E-state index contributed by atoms with van der Waals surface area (Å²) in [4.78, 5) is 22.4. The van der Waals surface area contributed by atoms with Crippen LogP contribution in [0.25, 0.3) is 0 Å². The Morgan fingerprint density at radius 1 is 1.21 bits per heavy atom. The number of alkyl halides is 2. The van der Waals surface area contributed by atoms with Gasteiger partial charge in [0.05, 0.1) is 6.04 Å². The normalized spacial score (nSPS) is 17.9. The lowest BCUT2D eigenvalue weighted by molar-refractivity contribution is 0.0601. The van der Waals surface area contributed by atoms with Crippen LogP contribution in [-0.2, 0) is 14.1 Å². The third kappa shape index (κ3) is 2.98. The molecule has 1 saturated heterocycles. The van der Waals surface area contributed by atoms with E-state index in [4.69, 9.17) is 0 Å². The van der Waals surface area contributed by atoms with Crippen LogP contribution in [0.3, 0.4) is 0 Å². The molecule has 130 valence electrons. The minimum absolute atomic E-state index is 0.320. The second kappa shape index (κ2) is 6.58. The molecular weight excluding hydrogens is 318 g/mol. The Kier molecular flexibility index (Phi) is 4.50. The van der Waals surface area contributed by atoms with Crippen LogP contribution in [0, 0.1) is 0 Å². The Labute approximate surface area is 138 Å². The van der Waals surface area contributed by atoms with Crippen LogP contribution in [0.5, 0.6) is 0 Å². The third-order valence-electron chi connectivity index (χ3n) is 4.35. The van der Waals surface area contributed by atoms with Gasteiger partial charge in [0, 0.05) is 45.4 Å². The second-order valence-electron chi connectivity index (χ2n) is 5.91. The smallest absolute Gasteiger partial charge is 0.318 e. The first kappa shape index (κ1) is 16.4. The van der Waals surface area contributed by atoms with E-state index in [2.05, 4.69) is 15.3 Å². The first-order chi connectivity index (χ1) is 11.5. The van der Waals surface area contributed by atoms with Crippen molar-refractivity contribution in [2.24, 2.45) is 14.1 Å². The van der Waals surface area contributed by atoms with Gasteiger partial charge >= 0.3 is 6.03 Å². The summed E-state index contributed by atoms with van der Waals surface area (Å²) in [6, 6.07) is -2.17. The van der Waals surface area contributed by atoms with Gasteiger partial charge in [0.25, 0.3) is 6.43 Å². The highest BCUT2D eigenvalue weighted by Gasteiger charge is 2.37. The largest absolute Gasteiger partial charge is 0.336 e. The molecule has 1 aliphatic rings. The monoisotopic (exact) mass is 338 g/mol. The van der Waals surface area contributed by atoms with E-state index in [1.54, 1.807) is 33.9 Å². The predicted molar refractivity (Wildman–Crippen MR) is 82.5 cm³/mol. The molecule has 9 heteroatoms. The maximum absolute atomic E-state index is 13.1. The summed E-state index contributed by atoms with van der Waals surface area (Å²) in [5, 5.41) is 2.82. The van der Waals surface area contributed by atoms with Crippen LogP contribution in [0.2, 0.25) is 0 Å². The fraction of sp³-hybridized carbons (Fsp3) is 0.533. The van der Waals surface area contributed by atoms with Crippen molar-refractivity contribution in [1.29, 1.82) is 0 Å². The molecule has 3 rings (SSSR count). The number of imidazole rings is 2. The average Bonchev–Trinajstić information content (AvgIpc) is 3.25. The molecule has 1 N–H and O–H groups in total. The summed E-state index contributed by atoms with van der Waals surface area (Å²) in [5.41, 5.74) is 0. The lowest BCUT2D eigenvalue weighted by Crippen LogP contribution is -2.47. The molecule has 2 aromatic rings. The molecule has 0 radical (unpaired) electrons. The Hall–Kier alpha value is -2.45. The highest BCUT2D eigenvalue weighted by atomic mass is 19.3. The van der Waals surface area contributed by atoms with Gasteiger partial charge in [-0.15, -0.1) is 0 Å². The molecule has 0 saturated carbocycles. The summed E-state index contributed by atoms with van der Waals surface area (Å²) < 4.78 is 29.8. The van der Waals surface area contributed by atoms with Gasteiger partial charge in [-0.2, -0.15) is 0 Å². The predicted octanol–water partition coefficient (Wildman–Crippen LogP) is 1.68. The molecule has 24 heavy (non-hydrogen) atoms. The molecule has 0 unspecified atom stereocenters.